The Morgan fingerprint density at radius 3 is 2.75 bits per heavy atom. The minimum absolute atomic E-state index is 0.216. The number of hydrogen-bond acceptors (Lipinski definition) is 3. The van der Waals surface area contributed by atoms with Gasteiger partial charge in [-0.05, 0) is 50.6 Å². The van der Waals surface area contributed by atoms with E-state index in [-0.39, 0.29) is 6.42 Å². The largest absolute Gasteiger partial charge is 0.494 e. The van der Waals surface area contributed by atoms with Crippen LogP contribution in [0.4, 0.5) is 0 Å². The molecule has 4 nitrogen and oxygen atoms in total. The van der Waals surface area contributed by atoms with Gasteiger partial charge in [0, 0.05) is 6.54 Å². The summed E-state index contributed by atoms with van der Waals surface area (Å²) in [6, 6.07) is 8.05. The fourth-order valence-corrected chi connectivity index (χ4v) is 2.01. The summed E-state index contributed by atoms with van der Waals surface area (Å²) in [5.41, 5.74) is 1.20. The zero-order chi connectivity index (χ0) is 14.8. The van der Waals surface area contributed by atoms with E-state index in [9.17, 15) is 4.79 Å². The van der Waals surface area contributed by atoms with Gasteiger partial charge in [0.1, 0.15) is 5.75 Å². The number of aliphatic carboxylic acids is 1. The Balaban J connectivity index is 2.12. The van der Waals surface area contributed by atoms with Crippen LogP contribution in [0.3, 0.4) is 0 Å². The highest BCUT2D eigenvalue weighted by Crippen LogP contribution is 2.12. The van der Waals surface area contributed by atoms with E-state index in [1.54, 1.807) is 0 Å². The number of benzene rings is 1. The van der Waals surface area contributed by atoms with Gasteiger partial charge in [0.25, 0.3) is 0 Å². The van der Waals surface area contributed by atoms with E-state index < -0.39 is 5.97 Å². The number of carboxylic acid groups (broad SMARTS) is 1. The van der Waals surface area contributed by atoms with Crippen LogP contribution in [0, 0.1) is 6.92 Å². The molecule has 0 bridgehead atoms. The van der Waals surface area contributed by atoms with Gasteiger partial charge in [-0.3, -0.25) is 4.79 Å². The molecule has 0 aliphatic carbocycles. The first-order valence-corrected chi connectivity index (χ1v) is 7.25. The molecule has 1 N–H and O–H groups in total. The summed E-state index contributed by atoms with van der Waals surface area (Å²) in [6.07, 6.45) is 2.23. The van der Waals surface area contributed by atoms with E-state index in [4.69, 9.17) is 9.84 Å². The Labute approximate surface area is 121 Å². The Hall–Kier alpha value is -1.55. The lowest BCUT2D eigenvalue weighted by atomic mass is 10.2. The maximum Gasteiger partial charge on any atom is 0.304 e. The second-order valence-corrected chi connectivity index (χ2v) is 4.95. The molecule has 0 aromatic heterocycles. The van der Waals surface area contributed by atoms with Crippen LogP contribution < -0.4 is 4.74 Å². The van der Waals surface area contributed by atoms with Crippen molar-refractivity contribution in [1.29, 1.82) is 0 Å². The lowest BCUT2D eigenvalue weighted by Gasteiger charge is -2.19. The van der Waals surface area contributed by atoms with Gasteiger partial charge in [0.05, 0.1) is 13.0 Å². The monoisotopic (exact) mass is 279 g/mol. The van der Waals surface area contributed by atoms with Crippen molar-refractivity contribution in [3.05, 3.63) is 29.8 Å². The summed E-state index contributed by atoms with van der Waals surface area (Å²) in [5.74, 6) is 0.189. The lowest BCUT2D eigenvalue weighted by Crippen LogP contribution is -2.27. The number of aryl methyl sites for hydroxylation is 1. The van der Waals surface area contributed by atoms with Crippen molar-refractivity contribution in [3.8, 4) is 5.75 Å². The van der Waals surface area contributed by atoms with Gasteiger partial charge in [-0.25, -0.2) is 0 Å². The normalized spacial score (nSPS) is 10.8. The molecule has 0 amide bonds. The van der Waals surface area contributed by atoms with Crippen LogP contribution in [-0.2, 0) is 4.79 Å². The number of nitrogens with zero attached hydrogens (tertiary/aromatic N) is 1. The fraction of sp³-hybridized carbons (Fsp3) is 0.562. The molecule has 0 aliphatic heterocycles. The van der Waals surface area contributed by atoms with E-state index >= 15 is 0 Å². The second kappa shape index (κ2) is 9.37. The molecule has 0 atom stereocenters. The molecule has 0 fully saturated rings. The smallest absolute Gasteiger partial charge is 0.304 e. The average Bonchev–Trinajstić information content (AvgIpc) is 2.41. The summed E-state index contributed by atoms with van der Waals surface area (Å²) in [6.45, 7) is 7.27. The van der Waals surface area contributed by atoms with E-state index in [0.717, 1.165) is 31.7 Å². The molecule has 20 heavy (non-hydrogen) atoms. The van der Waals surface area contributed by atoms with Crippen LogP contribution >= 0.6 is 0 Å². The van der Waals surface area contributed by atoms with Crippen molar-refractivity contribution in [2.24, 2.45) is 0 Å². The van der Waals surface area contributed by atoms with E-state index in [1.165, 1.54) is 5.56 Å². The first-order chi connectivity index (χ1) is 9.61. The first kappa shape index (κ1) is 16.5. The summed E-state index contributed by atoms with van der Waals surface area (Å²) >= 11 is 0. The third-order valence-corrected chi connectivity index (χ3v) is 3.22. The van der Waals surface area contributed by atoms with E-state index in [2.05, 4.69) is 24.8 Å². The minimum atomic E-state index is -0.730. The third kappa shape index (κ3) is 7.14. The lowest BCUT2D eigenvalue weighted by molar-refractivity contribution is -0.137. The number of carbonyl (C=O) groups is 1. The van der Waals surface area contributed by atoms with Crippen molar-refractivity contribution in [1.82, 2.24) is 4.90 Å². The highest BCUT2D eigenvalue weighted by Gasteiger charge is 2.05. The van der Waals surface area contributed by atoms with E-state index in [1.807, 2.05) is 18.2 Å². The number of rotatable bonds is 10. The molecule has 4 heteroatoms. The van der Waals surface area contributed by atoms with Crippen LogP contribution in [0.15, 0.2) is 24.3 Å². The molecule has 0 spiro atoms. The van der Waals surface area contributed by atoms with Crippen LogP contribution in [0.25, 0.3) is 0 Å². The van der Waals surface area contributed by atoms with Crippen LogP contribution in [-0.4, -0.2) is 42.2 Å². The summed E-state index contributed by atoms with van der Waals surface area (Å²) in [5, 5.41) is 8.67. The van der Waals surface area contributed by atoms with Gasteiger partial charge in [-0.1, -0.05) is 19.1 Å². The molecule has 0 radical (unpaired) electrons. The number of carboxylic acids is 1. The average molecular weight is 279 g/mol. The Morgan fingerprint density at radius 1 is 1.30 bits per heavy atom. The van der Waals surface area contributed by atoms with Crippen LogP contribution in [0.1, 0.15) is 31.7 Å². The first-order valence-electron chi connectivity index (χ1n) is 7.25. The van der Waals surface area contributed by atoms with E-state index in [0.29, 0.717) is 13.2 Å². The predicted octanol–water partition coefficient (Wildman–Crippen LogP) is 2.95. The molecule has 1 rings (SSSR count). The molecule has 1 aromatic carbocycles. The minimum Gasteiger partial charge on any atom is -0.494 e. The zero-order valence-corrected chi connectivity index (χ0v) is 12.5. The van der Waals surface area contributed by atoms with Crippen LogP contribution in [0.5, 0.6) is 5.75 Å². The Kier molecular flexibility index (Phi) is 7.73. The van der Waals surface area contributed by atoms with Crippen molar-refractivity contribution in [3.63, 3.8) is 0 Å². The maximum absolute atomic E-state index is 10.5. The highest BCUT2D eigenvalue weighted by atomic mass is 16.5. The molecule has 0 saturated heterocycles. The summed E-state index contributed by atoms with van der Waals surface area (Å²) < 4.78 is 5.69. The molecule has 0 unspecified atom stereocenters. The van der Waals surface area contributed by atoms with Crippen LogP contribution in [0.2, 0.25) is 0 Å². The molecule has 1 aromatic rings. The second-order valence-electron chi connectivity index (χ2n) is 4.95. The van der Waals surface area contributed by atoms with Gasteiger partial charge in [0.2, 0.25) is 0 Å². The quantitative estimate of drug-likeness (QED) is 0.669. The molecule has 0 heterocycles. The van der Waals surface area contributed by atoms with Gasteiger partial charge < -0.3 is 14.7 Å². The van der Waals surface area contributed by atoms with Crippen molar-refractivity contribution >= 4 is 5.97 Å². The molecule has 0 aliphatic rings. The molecule has 0 saturated carbocycles. The van der Waals surface area contributed by atoms with Crippen molar-refractivity contribution in [2.45, 2.75) is 33.1 Å². The number of ether oxygens (including phenoxy) is 1. The fourth-order valence-electron chi connectivity index (χ4n) is 2.01. The number of unbranched alkanes of at least 4 members (excludes halogenated alkanes) is 1. The highest BCUT2D eigenvalue weighted by molar-refractivity contribution is 5.66. The SMILES string of the molecule is CCN(CCCCOc1cccc(C)c1)CCC(=O)O. The summed E-state index contributed by atoms with van der Waals surface area (Å²) in [7, 11) is 0. The molecule has 112 valence electrons. The van der Waals surface area contributed by atoms with Crippen molar-refractivity contribution < 1.29 is 14.6 Å². The van der Waals surface area contributed by atoms with Gasteiger partial charge in [-0.2, -0.15) is 0 Å². The maximum atomic E-state index is 10.5. The molecular formula is C16H25NO3. The Morgan fingerprint density at radius 2 is 2.10 bits per heavy atom. The molecular weight excluding hydrogens is 254 g/mol. The topological polar surface area (TPSA) is 49.8 Å². The standard InChI is InChI=1S/C16H25NO3/c1-3-17(11-9-16(18)19)10-4-5-12-20-15-8-6-7-14(2)13-15/h6-8,13H,3-5,9-12H2,1-2H3,(H,18,19). The Bertz CT molecular complexity index is 406. The van der Waals surface area contributed by atoms with Gasteiger partial charge >= 0.3 is 5.97 Å². The van der Waals surface area contributed by atoms with Crippen molar-refractivity contribution in [2.75, 3.05) is 26.2 Å². The van der Waals surface area contributed by atoms with Gasteiger partial charge in [0.15, 0.2) is 0 Å². The third-order valence-electron chi connectivity index (χ3n) is 3.22. The zero-order valence-electron chi connectivity index (χ0n) is 12.5. The predicted molar refractivity (Wildman–Crippen MR) is 80.3 cm³/mol. The number of hydrogen-bond donors (Lipinski definition) is 1. The summed E-state index contributed by atoms with van der Waals surface area (Å²) in [4.78, 5) is 12.7. The van der Waals surface area contributed by atoms with Gasteiger partial charge in [-0.15, -0.1) is 0 Å².